The summed E-state index contributed by atoms with van der Waals surface area (Å²) in [6.07, 6.45) is 8.54. The van der Waals surface area contributed by atoms with Gasteiger partial charge in [-0.1, -0.05) is 6.08 Å². The fourth-order valence-electron chi connectivity index (χ4n) is 3.75. The number of halogens is 1. The van der Waals surface area contributed by atoms with Crippen molar-refractivity contribution >= 4 is 23.7 Å². The molecule has 0 bridgehead atoms. The van der Waals surface area contributed by atoms with Gasteiger partial charge in [0.15, 0.2) is 5.69 Å². The van der Waals surface area contributed by atoms with Gasteiger partial charge in [0, 0.05) is 42.1 Å². The van der Waals surface area contributed by atoms with Gasteiger partial charge in [0.25, 0.3) is 5.91 Å². The predicted molar refractivity (Wildman–Crippen MR) is 106 cm³/mol. The number of carbonyl (C=O) groups is 1. The van der Waals surface area contributed by atoms with E-state index in [4.69, 9.17) is 4.74 Å². The molecule has 0 spiro atoms. The number of benzene rings is 1. The minimum Gasteiger partial charge on any atom is -0.493 e. The maximum Gasteiger partial charge on any atom is 0.257 e. The van der Waals surface area contributed by atoms with E-state index in [9.17, 15) is 14.4 Å². The summed E-state index contributed by atoms with van der Waals surface area (Å²) in [5.74, 6) is -0.197. The number of nitriles is 1. The Hall–Kier alpha value is -4.06. The van der Waals surface area contributed by atoms with E-state index < -0.39 is 5.92 Å². The molecule has 2 aromatic heterocycles. The van der Waals surface area contributed by atoms with E-state index in [1.165, 1.54) is 24.7 Å². The zero-order chi connectivity index (χ0) is 20.7. The first-order valence-electron chi connectivity index (χ1n) is 9.35. The van der Waals surface area contributed by atoms with Crippen molar-refractivity contribution in [3.63, 3.8) is 0 Å². The molecule has 1 amide bonds. The zero-order valence-corrected chi connectivity index (χ0v) is 15.7. The Balaban J connectivity index is 1.53. The van der Waals surface area contributed by atoms with Gasteiger partial charge in [0.1, 0.15) is 23.3 Å². The number of nitrogens with one attached hydrogen (secondary N) is 1. The Bertz CT molecular complexity index is 1290. The van der Waals surface area contributed by atoms with E-state index >= 15 is 0 Å². The van der Waals surface area contributed by atoms with Gasteiger partial charge in [-0.25, -0.2) is 19.4 Å². The molecule has 4 heterocycles. The molecule has 0 fully saturated rings. The fourth-order valence-corrected chi connectivity index (χ4v) is 3.75. The number of aliphatic imine (C=N–C) groups is 1. The molecule has 9 heteroatoms. The number of aromatic nitrogens is 3. The lowest BCUT2D eigenvalue weighted by molar-refractivity contribution is -0.118. The number of nitrogens with zero attached hydrogens (tertiary/aromatic N) is 5. The van der Waals surface area contributed by atoms with Crippen molar-refractivity contribution in [2.45, 2.75) is 18.9 Å². The van der Waals surface area contributed by atoms with Crippen molar-refractivity contribution in [1.82, 2.24) is 14.4 Å². The standard InChI is InChI=1S/C21H15FN6O2/c22-17-3-4-18-13(5-7-30-18)15(17)9-25-21-26-10-16(14-2-1-6-24-20(14)29)19-27-12(8-23)11-28(19)21/h1-4,6,10-11,14H,5,7,9H2,(H,25,26). The van der Waals surface area contributed by atoms with Crippen molar-refractivity contribution in [3.8, 4) is 11.8 Å². The topological polar surface area (TPSA) is 105 Å². The van der Waals surface area contributed by atoms with E-state index in [0.717, 1.165) is 5.56 Å². The normalized spacial score (nSPS) is 17.1. The average molecular weight is 402 g/mol. The number of anilines is 1. The third-order valence-corrected chi connectivity index (χ3v) is 5.19. The number of ether oxygens (including phenoxy) is 1. The molecule has 2 aliphatic rings. The molecular formula is C21H15FN6O2. The summed E-state index contributed by atoms with van der Waals surface area (Å²) in [5, 5.41) is 12.4. The van der Waals surface area contributed by atoms with E-state index in [2.05, 4.69) is 20.3 Å². The number of carbonyl (C=O) groups excluding carboxylic acids is 1. The summed E-state index contributed by atoms with van der Waals surface area (Å²) in [7, 11) is 0. The minimum atomic E-state index is -0.625. The van der Waals surface area contributed by atoms with Gasteiger partial charge >= 0.3 is 0 Å². The minimum absolute atomic E-state index is 0.184. The first-order chi connectivity index (χ1) is 14.7. The molecule has 0 saturated carbocycles. The van der Waals surface area contributed by atoms with Crippen molar-refractivity contribution < 1.29 is 13.9 Å². The molecule has 5 rings (SSSR count). The number of hydrogen-bond acceptors (Lipinski definition) is 6. The van der Waals surface area contributed by atoms with Crippen LogP contribution in [0.15, 0.2) is 41.7 Å². The Kier molecular flexibility index (Phi) is 4.25. The van der Waals surface area contributed by atoms with Gasteiger partial charge in [-0.2, -0.15) is 5.26 Å². The molecule has 2 aliphatic heterocycles. The van der Waals surface area contributed by atoms with Crippen molar-refractivity contribution in [3.05, 3.63) is 64.9 Å². The van der Waals surface area contributed by atoms with Gasteiger partial charge < -0.3 is 10.1 Å². The van der Waals surface area contributed by atoms with Crippen LogP contribution in [0.1, 0.15) is 28.3 Å². The van der Waals surface area contributed by atoms with Gasteiger partial charge in [-0.15, -0.1) is 0 Å². The van der Waals surface area contributed by atoms with Crippen LogP contribution in [0.2, 0.25) is 0 Å². The molecule has 148 valence electrons. The molecule has 1 unspecified atom stereocenters. The second-order valence-electron chi connectivity index (χ2n) is 6.90. The summed E-state index contributed by atoms with van der Waals surface area (Å²) in [6, 6.07) is 5.03. The van der Waals surface area contributed by atoms with Crippen molar-refractivity contribution in [2.75, 3.05) is 11.9 Å². The van der Waals surface area contributed by atoms with Crippen LogP contribution in [0, 0.1) is 17.1 Å². The molecule has 3 aromatic rings. The number of rotatable bonds is 4. The molecule has 0 radical (unpaired) electrons. The third kappa shape index (κ3) is 2.90. The predicted octanol–water partition coefficient (Wildman–Crippen LogP) is 2.54. The quantitative estimate of drug-likeness (QED) is 0.719. The second-order valence-corrected chi connectivity index (χ2v) is 6.90. The molecule has 1 atom stereocenters. The van der Waals surface area contributed by atoms with E-state index in [0.29, 0.717) is 41.5 Å². The smallest absolute Gasteiger partial charge is 0.257 e. The molecule has 0 saturated heterocycles. The van der Waals surface area contributed by atoms with Crippen LogP contribution in [0.4, 0.5) is 10.3 Å². The molecule has 1 N–H and O–H groups in total. The zero-order valence-electron chi connectivity index (χ0n) is 15.7. The monoisotopic (exact) mass is 402 g/mol. The van der Waals surface area contributed by atoms with Crippen LogP contribution in [0.5, 0.6) is 5.75 Å². The largest absolute Gasteiger partial charge is 0.493 e. The van der Waals surface area contributed by atoms with E-state index in [-0.39, 0.29) is 24.0 Å². The highest BCUT2D eigenvalue weighted by Gasteiger charge is 2.25. The Labute approximate surface area is 170 Å². The number of dihydropyridines is 1. The second kappa shape index (κ2) is 7.08. The lowest BCUT2D eigenvalue weighted by Gasteiger charge is -2.15. The van der Waals surface area contributed by atoms with Crippen LogP contribution in [-0.2, 0) is 17.8 Å². The summed E-state index contributed by atoms with van der Waals surface area (Å²) < 4.78 is 21.6. The van der Waals surface area contributed by atoms with Crippen LogP contribution in [0.3, 0.4) is 0 Å². The first kappa shape index (κ1) is 18.0. The molecular weight excluding hydrogens is 387 g/mol. The summed E-state index contributed by atoms with van der Waals surface area (Å²) in [5.41, 5.74) is 2.51. The molecule has 1 aromatic carbocycles. The highest BCUT2D eigenvalue weighted by molar-refractivity contribution is 5.98. The fraction of sp³-hybridized carbons (Fsp3) is 0.190. The lowest BCUT2D eigenvalue weighted by atomic mass is 9.99. The Morgan fingerprint density at radius 1 is 1.40 bits per heavy atom. The van der Waals surface area contributed by atoms with Crippen LogP contribution >= 0.6 is 0 Å². The summed E-state index contributed by atoms with van der Waals surface area (Å²) >= 11 is 0. The first-order valence-corrected chi connectivity index (χ1v) is 9.35. The maximum atomic E-state index is 14.4. The van der Waals surface area contributed by atoms with Crippen molar-refractivity contribution in [1.29, 1.82) is 5.26 Å². The van der Waals surface area contributed by atoms with Gasteiger partial charge in [-0.3, -0.25) is 9.20 Å². The molecule has 8 nitrogen and oxygen atoms in total. The van der Waals surface area contributed by atoms with Crippen LogP contribution in [0.25, 0.3) is 5.65 Å². The maximum absolute atomic E-state index is 14.4. The number of hydrogen-bond donors (Lipinski definition) is 1. The van der Waals surface area contributed by atoms with E-state index in [1.807, 2.05) is 6.07 Å². The third-order valence-electron chi connectivity index (χ3n) is 5.19. The highest BCUT2D eigenvalue weighted by Crippen LogP contribution is 2.31. The number of imidazole rings is 1. The van der Waals surface area contributed by atoms with Gasteiger partial charge in [0.2, 0.25) is 5.95 Å². The number of amides is 1. The number of allylic oxidation sites excluding steroid dienone is 1. The molecule has 30 heavy (non-hydrogen) atoms. The van der Waals surface area contributed by atoms with Crippen LogP contribution in [-0.4, -0.2) is 33.1 Å². The number of fused-ring (bicyclic) bond motifs is 2. The van der Waals surface area contributed by atoms with Gasteiger partial charge in [-0.05, 0) is 18.2 Å². The summed E-state index contributed by atoms with van der Waals surface area (Å²) in [4.78, 5) is 24.8. The molecule has 0 aliphatic carbocycles. The Morgan fingerprint density at radius 2 is 2.30 bits per heavy atom. The SMILES string of the molecule is N#Cc1cn2c(NCc3c(F)ccc4c3CCO4)ncc(C3C=CC=NC3=O)c2n1. The van der Waals surface area contributed by atoms with Crippen LogP contribution < -0.4 is 10.1 Å². The van der Waals surface area contributed by atoms with Crippen molar-refractivity contribution in [2.24, 2.45) is 4.99 Å². The highest BCUT2D eigenvalue weighted by atomic mass is 19.1. The van der Waals surface area contributed by atoms with E-state index in [1.54, 1.807) is 22.6 Å². The van der Waals surface area contributed by atoms with Gasteiger partial charge in [0.05, 0.1) is 18.7 Å². The lowest BCUT2D eigenvalue weighted by Crippen LogP contribution is -2.15. The summed E-state index contributed by atoms with van der Waals surface area (Å²) in [6.45, 7) is 0.716. The Morgan fingerprint density at radius 3 is 3.13 bits per heavy atom. The average Bonchev–Trinajstić information content (AvgIpc) is 3.40.